The number of nitrogen functional groups attached to an aromatic ring is 1. The van der Waals surface area contributed by atoms with E-state index in [0.29, 0.717) is 24.2 Å². The molecule has 9 nitrogen and oxygen atoms in total. The predicted octanol–water partition coefficient (Wildman–Crippen LogP) is 6.39. The molecule has 0 saturated carbocycles. The predicted molar refractivity (Wildman–Crippen MR) is 141 cm³/mol. The molecule has 226 valence electrons. The van der Waals surface area contributed by atoms with Crippen molar-refractivity contribution in [1.29, 1.82) is 0 Å². The van der Waals surface area contributed by atoms with Crippen LogP contribution in [0.25, 0.3) is 0 Å². The smallest absolute Gasteiger partial charge is 0.416 e. The summed E-state index contributed by atoms with van der Waals surface area (Å²) < 4.78 is 92.5. The summed E-state index contributed by atoms with van der Waals surface area (Å²) >= 11 is 0. The molecule has 2 unspecified atom stereocenters. The lowest BCUT2D eigenvalue weighted by Crippen LogP contribution is -2.48. The van der Waals surface area contributed by atoms with Gasteiger partial charge in [0.2, 0.25) is 11.8 Å². The molecule has 15 heteroatoms. The van der Waals surface area contributed by atoms with Gasteiger partial charge >= 0.3 is 18.4 Å². The highest BCUT2D eigenvalue weighted by atomic mass is 19.4. The SMILES string of the molecule is CCOC(=O)N1c2ccc(OC)nc2C(N(Cc2cc(C(F)(F)F)cc(C(F)(F)F)c2)c2ncc(N)cn2)CC1CC. The second kappa shape index (κ2) is 11.9. The Morgan fingerprint density at radius 3 is 2.19 bits per heavy atom. The Morgan fingerprint density at radius 1 is 1.05 bits per heavy atom. The summed E-state index contributed by atoms with van der Waals surface area (Å²) in [6.07, 6.45) is -7.53. The van der Waals surface area contributed by atoms with Crippen LogP contribution in [0.5, 0.6) is 5.88 Å². The van der Waals surface area contributed by atoms with E-state index in [1.807, 2.05) is 6.92 Å². The number of halogens is 6. The van der Waals surface area contributed by atoms with E-state index >= 15 is 0 Å². The van der Waals surface area contributed by atoms with E-state index in [-0.39, 0.29) is 47.9 Å². The number of fused-ring (bicyclic) bond motifs is 1. The topological polar surface area (TPSA) is 107 Å². The number of nitrogens with two attached hydrogens (primary N) is 1. The van der Waals surface area contributed by atoms with Gasteiger partial charge in [-0.1, -0.05) is 6.92 Å². The molecular weight excluding hydrogens is 570 g/mol. The highest BCUT2D eigenvalue weighted by Crippen LogP contribution is 2.44. The summed E-state index contributed by atoms with van der Waals surface area (Å²) in [6.45, 7) is 3.14. The van der Waals surface area contributed by atoms with Crippen molar-refractivity contribution in [2.24, 2.45) is 0 Å². The molecule has 0 saturated heterocycles. The zero-order valence-corrected chi connectivity index (χ0v) is 22.8. The number of carbonyl (C=O) groups is 1. The van der Waals surface area contributed by atoms with Crippen LogP contribution in [0, 0.1) is 0 Å². The van der Waals surface area contributed by atoms with E-state index in [0.717, 1.165) is 0 Å². The molecule has 0 bridgehead atoms. The quantitative estimate of drug-likeness (QED) is 0.312. The molecule has 1 amide bonds. The summed E-state index contributed by atoms with van der Waals surface area (Å²) in [5.74, 6) is 0.157. The molecule has 2 atom stereocenters. The number of benzene rings is 1. The number of amides is 1. The number of nitrogens with zero attached hydrogens (tertiary/aromatic N) is 5. The molecule has 0 spiro atoms. The molecule has 0 radical (unpaired) electrons. The maximum atomic E-state index is 13.7. The van der Waals surface area contributed by atoms with E-state index in [1.165, 1.54) is 35.4 Å². The highest BCUT2D eigenvalue weighted by molar-refractivity contribution is 5.90. The van der Waals surface area contributed by atoms with E-state index in [4.69, 9.17) is 15.2 Å². The van der Waals surface area contributed by atoms with E-state index in [2.05, 4.69) is 15.0 Å². The Kier molecular flexibility index (Phi) is 8.68. The minimum atomic E-state index is -5.03. The fourth-order valence-electron chi connectivity index (χ4n) is 4.85. The summed E-state index contributed by atoms with van der Waals surface area (Å²) in [4.78, 5) is 28.9. The van der Waals surface area contributed by atoms with Crippen LogP contribution in [-0.2, 0) is 23.6 Å². The molecule has 42 heavy (non-hydrogen) atoms. The number of rotatable bonds is 7. The molecule has 3 aromatic rings. The van der Waals surface area contributed by atoms with Gasteiger partial charge in [0.05, 0.1) is 60.3 Å². The Labute approximate surface area is 237 Å². The first-order valence-corrected chi connectivity index (χ1v) is 12.9. The largest absolute Gasteiger partial charge is 0.481 e. The van der Waals surface area contributed by atoms with Gasteiger partial charge in [-0.25, -0.2) is 19.7 Å². The van der Waals surface area contributed by atoms with Gasteiger partial charge in [0.15, 0.2) is 0 Å². The summed E-state index contributed by atoms with van der Waals surface area (Å²) in [6, 6.07) is 3.24. The number of anilines is 3. The number of ether oxygens (including phenoxy) is 2. The molecule has 1 aliphatic rings. The molecular formula is C27H28F6N6O3. The lowest BCUT2D eigenvalue weighted by molar-refractivity contribution is -0.143. The molecule has 0 aliphatic carbocycles. The van der Waals surface area contributed by atoms with Gasteiger partial charge < -0.3 is 20.1 Å². The number of hydrogen-bond donors (Lipinski definition) is 1. The molecule has 2 N–H and O–H groups in total. The fourth-order valence-corrected chi connectivity index (χ4v) is 4.85. The number of methoxy groups -OCH3 is 1. The summed E-state index contributed by atoms with van der Waals surface area (Å²) in [5.41, 5.74) is 3.38. The molecule has 0 fully saturated rings. The van der Waals surface area contributed by atoms with Gasteiger partial charge in [-0.2, -0.15) is 26.3 Å². The summed E-state index contributed by atoms with van der Waals surface area (Å²) in [5, 5.41) is 0. The normalized spacial score (nSPS) is 17.0. The Balaban J connectivity index is 1.91. The number of hydrogen-bond acceptors (Lipinski definition) is 8. The lowest BCUT2D eigenvalue weighted by atomic mass is 9.92. The van der Waals surface area contributed by atoms with Crippen molar-refractivity contribution in [1.82, 2.24) is 15.0 Å². The number of carbonyl (C=O) groups excluding carboxylic acids is 1. The van der Waals surface area contributed by atoms with Crippen molar-refractivity contribution in [2.75, 3.05) is 29.3 Å². The van der Waals surface area contributed by atoms with E-state index in [1.54, 1.807) is 13.0 Å². The molecule has 1 aromatic carbocycles. The van der Waals surface area contributed by atoms with Gasteiger partial charge in [0.1, 0.15) is 0 Å². The monoisotopic (exact) mass is 598 g/mol. The molecule has 1 aliphatic heterocycles. The van der Waals surface area contributed by atoms with Crippen molar-refractivity contribution in [3.05, 3.63) is 65.1 Å². The Hall–Kier alpha value is -4.30. The second-order valence-corrected chi connectivity index (χ2v) is 9.50. The molecule has 2 aromatic heterocycles. The van der Waals surface area contributed by atoms with Crippen LogP contribution in [0.4, 0.5) is 48.5 Å². The zero-order chi connectivity index (χ0) is 30.8. The third-order valence-electron chi connectivity index (χ3n) is 6.75. The van der Waals surface area contributed by atoms with Crippen LogP contribution in [0.3, 0.4) is 0 Å². The maximum absolute atomic E-state index is 13.7. The third-order valence-corrected chi connectivity index (χ3v) is 6.75. The lowest BCUT2D eigenvalue weighted by Gasteiger charge is -2.43. The average molecular weight is 599 g/mol. The van der Waals surface area contributed by atoms with Crippen molar-refractivity contribution in [3.8, 4) is 5.88 Å². The van der Waals surface area contributed by atoms with Crippen LogP contribution in [-0.4, -0.2) is 40.8 Å². The van der Waals surface area contributed by atoms with Crippen LogP contribution < -0.4 is 20.3 Å². The Bertz CT molecular complexity index is 1380. The fraction of sp³-hybridized carbons (Fsp3) is 0.407. The number of aromatic nitrogens is 3. The van der Waals surface area contributed by atoms with Gasteiger partial charge in [0.25, 0.3) is 0 Å². The standard InChI is InChI=1S/C27H28F6N6O3/c1-4-19-11-21(23-20(6-7-22(37-23)41-3)39(19)25(40)42-5-2)38(24-35-12-18(34)13-36-24)14-15-8-16(26(28,29)30)10-17(9-15)27(31,32)33/h6-10,12-13,19,21H,4-5,11,14,34H2,1-3H3. The minimum absolute atomic E-state index is 0.0184. The number of alkyl halides is 6. The Morgan fingerprint density at radius 2 is 1.67 bits per heavy atom. The number of pyridine rings is 1. The third kappa shape index (κ3) is 6.44. The molecule has 4 rings (SSSR count). The minimum Gasteiger partial charge on any atom is -0.481 e. The van der Waals surface area contributed by atoms with Crippen LogP contribution in [0.2, 0.25) is 0 Å². The van der Waals surface area contributed by atoms with Crippen molar-refractivity contribution in [3.63, 3.8) is 0 Å². The van der Waals surface area contributed by atoms with Gasteiger partial charge in [-0.05, 0) is 49.6 Å². The first-order valence-electron chi connectivity index (χ1n) is 12.9. The average Bonchev–Trinajstić information content (AvgIpc) is 2.94. The van der Waals surface area contributed by atoms with E-state index in [9.17, 15) is 31.1 Å². The van der Waals surface area contributed by atoms with Crippen molar-refractivity contribution < 1.29 is 40.6 Å². The first kappa shape index (κ1) is 30.7. The second-order valence-electron chi connectivity index (χ2n) is 9.50. The van der Waals surface area contributed by atoms with E-state index < -0.39 is 48.2 Å². The first-order chi connectivity index (χ1) is 19.8. The highest BCUT2D eigenvalue weighted by Gasteiger charge is 2.42. The zero-order valence-electron chi connectivity index (χ0n) is 22.8. The van der Waals surface area contributed by atoms with Crippen molar-refractivity contribution in [2.45, 2.75) is 57.7 Å². The van der Waals surface area contributed by atoms with Gasteiger partial charge in [0, 0.05) is 18.7 Å². The maximum Gasteiger partial charge on any atom is 0.416 e. The van der Waals surface area contributed by atoms with Crippen LogP contribution in [0.15, 0.2) is 42.7 Å². The van der Waals surface area contributed by atoms with Crippen molar-refractivity contribution >= 4 is 23.4 Å². The van der Waals surface area contributed by atoms with Crippen LogP contribution in [0.1, 0.15) is 55.1 Å². The van der Waals surface area contributed by atoms with Gasteiger partial charge in [-0.3, -0.25) is 4.90 Å². The molecule has 3 heterocycles. The van der Waals surface area contributed by atoms with Gasteiger partial charge in [-0.15, -0.1) is 0 Å². The van der Waals surface area contributed by atoms with Crippen LogP contribution >= 0.6 is 0 Å². The summed E-state index contributed by atoms with van der Waals surface area (Å²) in [7, 11) is 1.38.